The molecule has 6 nitrogen and oxygen atoms in total. The fourth-order valence-electron chi connectivity index (χ4n) is 2.76. The summed E-state index contributed by atoms with van der Waals surface area (Å²) >= 11 is 0. The van der Waals surface area contributed by atoms with Crippen LogP contribution in [0.25, 0.3) is 0 Å². The van der Waals surface area contributed by atoms with Crippen LogP contribution < -0.4 is 5.32 Å². The SMILES string of the molecule is COC(=O)[C@@]1(NC(=O)OC(C)(C)C)C=C[C@H](c2ccc(C#N)cc2)C1. The van der Waals surface area contributed by atoms with E-state index in [1.807, 2.05) is 18.2 Å². The highest BCUT2D eigenvalue weighted by molar-refractivity contribution is 5.89. The maximum atomic E-state index is 12.3. The number of hydrogen-bond acceptors (Lipinski definition) is 5. The number of ether oxygens (including phenoxy) is 2. The monoisotopic (exact) mass is 342 g/mol. The van der Waals surface area contributed by atoms with Crippen molar-refractivity contribution in [3.8, 4) is 6.07 Å². The highest BCUT2D eigenvalue weighted by Crippen LogP contribution is 2.36. The zero-order valence-corrected chi connectivity index (χ0v) is 14.8. The number of nitrogens with zero attached hydrogens (tertiary/aromatic N) is 1. The number of amides is 1. The van der Waals surface area contributed by atoms with E-state index in [1.165, 1.54) is 7.11 Å². The van der Waals surface area contributed by atoms with Gasteiger partial charge in [-0.3, -0.25) is 0 Å². The largest absolute Gasteiger partial charge is 0.467 e. The van der Waals surface area contributed by atoms with Crippen LogP contribution in [0.3, 0.4) is 0 Å². The Balaban J connectivity index is 2.20. The van der Waals surface area contributed by atoms with Crippen molar-refractivity contribution in [1.82, 2.24) is 5.32 Å². The molecule has 0 heterocycles. The molecule has 1 amide bonds. The lowest BCUT2D eigenvalue weighted by Crippen LogP contribution is -2.54. The van der Waals surface area contributed by atoms with Crippen LogP contribution in [-0.2, 0) is 14.3 Å². The highest BCUT2D eigenvalue weighted by Gasteiger charge is 2.45. The first-order valence-corrected chi connectivity index (χ1v) is 7.98. The van der Waals surface area contributed by atoms with E-state index in [4.69, 9.17) is 14.7 Å². The number of hydrogen-bond donors (Lipinski definition) is 1. The molecule has 132 valence electrons. The topological polar surface area (TPSA) is 88.4 Å². The van der Waals surface area contributed by atoms with Crippen molar-refractivity contribution in [3.63, 3.8) is 0 Å². The molecular formula is C19H22N2O4. The number of nitriles is 1. The number of carbonyl (C=O) groups is 2. The van der Waals surface area contributed by atoms with Gasteiger partial charge in [0.2, 0.25) is 0 Å². The molecule has 1 aliphatic carbocycles. The maximum Gasteiger partial charge on any atom is 0.408 e. The molecule has 0 unspecified atom stereocenters. The number of carbonyl (C=O) groups excluding carboxylic acids is 2. The van der Waals surface area contributed by atoms with Crippen LogP contribution in [-0.4, -0.2) is 30.3 Å². The van der Waals surface area contributed by atoms with Gasteiger partial charge in [-0.1, -0.05) is 24.3 Å². The molecule has 0 spiro atoms. The second-order valence-electron chi connectivity index (χ2n) is 6.99. The third-order valence-corrected chi connectivity index (χ3v) is 3.90. The van der Waals surface area contributed by atoms with Crippen LogP contribution in [0.2, 0.25) is 0 Å². The van der Waals surface area contributed by atoms with Gasteiger partial charge in [-0.15, -0.1) is 0 Å². The molecule has 0 saturated heterocycles. The lowest BCUT2D eigenvalue weighted by atomic mass is 9.90. The summed E-state index contributed by atoms with van der Waals surface area (Å²) < 4.78 is 10.1. The van der Waals surface area contributed by atoms with Crippen molar-refractivity contribution in [1.29, 1.82) is 5.26 Å². The summed E-state index contributed by atoms with van der Waals surface area (Å²) in [5, 5.41) is 11.5. The molecule has 1 aromatic carbocycles. The summed E-state index contributed by atoms with van der Waals surface area (Å²) in [4.78, 5) is 24.5. The van der Waals surface area contributed by atoms with Crippen LogP contribution in [0.4, 0.5) is 4.79 Å². The summed E-state index contributed by atoms with van der Waals surface area (Å²) in [5.74, 6) is -0.632. The normalized spacial score (nSPS) is 22.1. The zero-order chi connectivity index (χ0) is 18.7. The number of rotatable bonds is 3. The first-order chi connectivity index (χ1) is 11.7. The van der Waals surface area contributed by atoms with Crippen LogP contribution in [0, 0.1) is 11.3 Å². The molecular weight excluding hydrogens is 320 g/mol. The fourth-order valence-corrected chi connectivity index (χ4v) is 2.76. The second-order valence-corrected chi connectivity index (χ2v) is 6.99. The van der Waals surface area contributed by atoms with Crippen molar-refractivity contribution in [2.45, 2.75) is 44.2 Å². The Morgan fingerprint density at radius 3 is 2.44 bits per heavy atom. The molecule has 2 rings (SSSR count). The van der Waals surface area contributed by atoms with Crippen molar-refractivity contribution in [3.05, 3.63) is 47.5 Å². The first-order valence-electron chi connectivity index (χ1n) is 7.98. The van der Waals surface area contributed by atoms with Gasteiger partial charge in [0.15, 0.2) is 5.54 Å². The molecule has 25 heavy (non-hydrogen) atoms. The van der Waals surface area contributed by atoms with Gasteiger partial charge in [-0.25, -0.2) is 9.59 Å². The van der Waals surface area contributed by atoms with Gasteiger partial charge in [0.1, 0.15) is 5.60 Å². The minimum Gasteiger partial charge on any atom is -0.467 e. The van der Waals surface area contributed by atoms with Gasteiger partial charge in [-0.2, -0.15) is 5.26 Å². The summed E-state index contributed by atoms with van der Waals surface area (Å²) in [6, 6.07) is 9.20. The van der Waals surface area contributed by atoms with E-state index in [0.717, 1.165) is 5.56 Å². The van der Waals surface area contributed by atoms with Crippen molar-refractivity contribution in [2.24, 2.45) is 0 Å². The Labute approximate surface area is 147 Å². The zero-order valence-electron chi connectivity index (χ0n) is 14.8. The second kappa shape index (κ2) is 6.98. The van der Waals surface area contributed by atoms with Crippen molar-refractivity contribution < 1.29 is 19.1 Å². The predicted molar refractivity (Wildman–Crippen MR) is 91.8 cm³/mol. The third-order valence-electron chi connectivity index (χ3n) is 3.90. The Morgan fingerprint density at radius 2 is 1.92 bits per heavy atom. The molecule has 1 aliphatic rings. The number of alkyl carbamates (subject to hydrolysis) is 1. The summed E-state index contributed by atoms with van der Waals surface area (Å²) in [7, 11) is 1.28. The number of esters is 1. The molecule has 0 saturated carbocycles. The minimum atomic E-state index is -1.27. The molecule has 0 fully saturated rings. The van der Waals surface area contributed by atoms with Gasteiger partial charge in [0.25, 0.3) is 0 Å². The molecule has 0 aliphatic heterocycles. The molecule has 0 aromatic heterocycles. The quantitative estimate of drug-likeness (QED) is 0.674. The summed E-state index contributed by atoms with van der Waals surface area (Å²) in [5.41, 5.74) is -0.421. The van der Waals surface area contributed by atoms with E-state index in [0.29, 0.717) is 12.0 Å². The van der Waals surface area contributed by atoms with E-state index in [2.05, 4.69) is 11.4 Å². The lowest BCUT2D eigenvalue weighted by Gasteiger charge is -2.29. The van der Waals surface area contributed by atoms with Crippen LogP contribution >= 0.6 is 0 Å². The smallest absolute Gasteiger partial charge is 0.408 e. The van der Waals surface area contributed by atoms with Crippen LogP contribution in [0.1, 0.15) is 44.2 Å². The average Bonchev–Trinajstić information content (AvgIpc) is 2.97. The highest BCUT2D eigenvalue weighted by atomic mass is 16.6. The third kappa shape index (κ3) is 4.38. The Bertz CT molecular complexity index is 725. The van der Waals surface area contributed by atoms with Crippen molar-refractivity contribution in [2.75, 3.05) is 7.11 Å². The van der Waals surface area contributed by atoms with Gasteiger partial charge in [0, 0.05) is 5.92 Å². The van der Waals surface area contributed by atoms with Gasteiger partial charge >= 0.3 is 12.1 Å². The number of benzene rings is 1. The van der Waals surface area contributed by atoms with Crippen molar-refractivity contribution >= 4 is 12.1 Å². The maximum absolute atomic E-state index is 12.3. The van der Waals surface area contributed by atoms with Gasteiger partial charge in [-0.05, 0) is 44.9 Å². The molecule has 2 atom stereocenters. The Morgan fingerprint density at radius 1 is 1.28 bits per heavy atom. The summed E-state index contributed by atoms with van der Waals surface area (Å²) in [6.07, 6.45) is 3.15. The standard InChI is InChI=1S/C19H22N2O4/c1-18(2,3)25-17(23)21-19(16(22)24-4)10-9-15(11-19)14-7-5-13(12-20)6-8-14/h5-10,15H,11H2,1-4H3,(H,21,23)/t15-,19+/m0/s1. The molecule has 0 bridgehead atoms. The fraction of sp³-hybridized carbons (Fsp3) is 0.421. The van der Waals surface area contributed by atoms with E-state index in [-0.39, 0.29) is 5.92 Å². The van der Waals surface area contributed by atoms with Gasteiger partial charge < -0.3 is 14.8 Å². The van der Waals surface area contributed by atoms with Crippen LogP contribution in [0.15, 0.2) is 36.4 Å². The predicted octanol–water partition coefficient (Wildman–Crippen LogP) is 3.04. The first kappa shape index (κ1) is 18.5. The average molecular weight is 342 g/mol. The van der Waals surface area contributed by atoms with E-state index < -0.39 is 23.2 Å². The number of methoxy groups -OCH3 is 1. The summed E-state index contributed by atoms with van der Waals surface area (Å²) in [6.45, 7) is 5.25. The van der Waals surface area contributed by atoms with Crippen LogP contribution in [0.5, 0.6) is 0 Å². The van der Waals surface area contributed by atoms with E-state index in [1.54, 1.807) is 39.0 Å². The van der Waals surface area contributed by atoms with E-state index >= 15 is 0 Å². The Hall–Kier alpha value is -2.81. The lowest BCUT2D eigenvalue weighted by molar-refractivity contribution is -0.146. The van der Waals surface area contributed by atoms with Gasteiger partial charge in [0.05, 0.1) is 18.7 Å². The Kier molecular flexibility index (Phi) is 5.17. The molecule has 0 radical (unpaired) electrons. The number of allylic oxidation sites excluding steroid dienone is 1. The minimum absolute atomic E-state index is 0.0817. The number of nitrogens with one attached hydrogen (secondary N) is 1. The molecule has 1 aromatic rings. The molecule has 1 N–H and O–H groups in total. The van der Waals surface area contributed by atoms with E-state index in [9.17, 15) is 9.59 Å². The molecule has 6 heteroatoms.